The lowest BCUT2D eigenvalue weighted by Crippen LogP contribution is -2.31. The van der Waals surface area contributed by atoms with Crippen LogP contribution >= 0.6 is 47.2 Å². The summed E-state index contributed by atoms with van der Waals surface area (Å²) >= 11 is 18.7. The van der Waals surface area contributed by atoms with Gasteiger partial charge in [-0.15, -0.1) is 0 Å². The van der Waals surface area contributed by atoms with Gasteiger partial charge in [-0.2, -0.15) is 0 Å². The van der Waals surface area contributed by atoms with Crippen molar-refractivity contribution in [2.45, 2.75) is 0 Å². The average molecular weight is 414 g/mol. The Labute approximate surface area is 164 Å². The number of nitrogens with zero attached hydrogens (tertiary/aromatic N) is 1. The number of furan rings is 1. The number of thioether (sulfide) groups is 1. The Morgan fingerprint density at radius 2 is 2.12 bits per heavy atom. The number of thiocarbonyl (C=S) groups is 1. The molecule has 0 atom stereocenters. The molecule has 1 aliphatic heterocycles. The van der Waals surface area contributed by atoms with Crippen molar-refractivity contribution in [3.05, 3.63) is 51.0 Å². The number of hydrogen-bond donors (Lipinski definition) is 0. The number of halogens is 2. The van der Waals surface area contributed by atoms with Gasteiger partial charge < -0.3 is 9.15 Å². The van der Waals surface area contributed by atoms with E-state index in [1.165, 1.54) is 16.7 Å². The van der Waals surface area contributed by atoms with Gasteiger partial charge in [0.2, 0.25) is 0 Å². The fourth-order valence-corrected chi connectivity index (χ4v) is 3.96. The molecule has 0 spiro atoms. The Morgan fingerprint density at radius 3 is 2.88 bits per heavy atom. The molecule has 0 aliphatic carbocycles. The fourth-order valence-electron chi connectivity index (χ4n) is 2.27. The molecule has 1 aromatic heterocycles. The minimum atomic E-state index is -0.147. The van der Waals surface area contributed by atoms with Crippen molar-refractivity contribution in [1.82, 2.24) is 4.90 Å². The minimum absolute atomic E-state index is 0.147. The molecule has 1 aromatic carbocycles. The SMILES string of the molecule is COCCN1C(=O)C(=Cc2ccc(-c3cccc(Cl)c3Cl)o2)SC1=S. The number of rotatable bonds is 5. The number of methoxy groups -OCH3 is 1. The second kappa shape index (κ2) is 7.93. The third-order valence-corrected chi connectivity index (χ3v) is 5.71. The molecule has 2 heterocycles. The highest BCUT2D eigenvalue weighted by Crippen LogP contribution is 2.36. The number of hydrogen-bond acceptors (Lipinski definition) is 5. The van der Waals surface area contributed by atoms with Gasteiger partial charge in [-0.3, -0.25) is 9.69 Å². The van der Waals surface area contributed by atoms with Crippen LogP contribution in [-0.2, 0) is 9.53 Å². The highest BCUT2D eigenvalue weighted by molar-refractivity contribution is 8.26. The van der Waals surface area contributed by atoms with Crippen molar-refractivity contribution < 1.29 is 13.9 Å². The summed E-state index contributed by atoms with van der Waals surface area (Å²) in [4.78, 5) is 14.4. The number of carbonyl (C=O) groups excluding carboxylic acids is 1. The molecule has 1 aliphatic rings. The first-order valence-corrected chi connectivity index (χ1v) is 9.28. The topological polar surface area (TPSA) is 42.7 Å². The Kier molecular flexibility index (Phi) is 5.86. The van der Waals surface area contributed by atoms with Crippen LogP contribution in [0.4, 0.5) is 0 Å². The third-order valence-electron chi connectivity index (χ3n) is 3.51. The highest BCUT2D eigenvalue weighted by Gasteiger charge is 2.31. The summed E-state index contributed by atoms with van der Waals surface area (Å²) < 4.78 is 11.3. The minimum Gasteiger partial charge on any atom is -0.457 e. The molecule has 0 saturated carbocycles. The summed E-state index contributed by atoms with van der Waals surface area (Å²) in [7, 11) is 1.58. The van der Waals surface area contributed by atoms with Crippen molar-refractivity contribution in [2.24, 2.45) is 0 Å². The van der Waals surface area contributed by atoms with E-state index >= 15 is 0 Å². The van der Waals surface area contributed by atoms with Crippen molar-refractivity contribution in [3.8, 4) is 11.3 Å². The van der Waals surface area contributed by atoms with Gasteiger partial charge in [0, 0.05) is 18.7 Å². The molecule has 8 heteroatoms. The van der Waals surface area contributed by atoms with Crippen molar-refractivity contribution in [2.75, 3.05) is 20.3 Å². The summed E-state index contributed by atoms with van der Waals surface area (Å²) in [5.74, 6) is 0.970. The second-order valence-corrected chi connectivity index (χ2v) is 7.59. The Morgan fingerprint density at radius 1 is 1.32 bits per heavy atom. The lowest BCUT2D eigenvalue weighted by atomic mass is 10.2. The van der Waals surface area contributed by atoms with Gasteiger partial charge >= 0.3 is 0 Å². The third kappa shape index (κ3) is 3.93. The van der Waals surface area contributed by atoms with E-state index < -0.39 is 0 Å². The van der Waals surface area contributed by atoms with Crippen molar-refractivity contribution in [3.63, 3.8) is 0 Å². The maximum atomic E-state index is 12.4. The zero-order valence-electron chi connectivity index (χ0n) is 13.1. The first-order valence-electron chi connectivity index (χ1n) is 7.30. The van der Waals surface area contributed by atoms with E-state index in [1.807, 2.05) is 6.07 Å². The zero-order chi connectivity index (χ0) is 18.0. The predicted octanol–water partition coefficient (Wildman–Crippen LogP) is 5.10. The predicted molar refractivity (Wildman–Crippen MR) is 106 cm³/mol. The van der Waals surface area contributed by atoms with E-state index in [0.29, 0.717) is 49.5 Å². The quantitative estimate of drug-likeness (QED) is 0.503. The number of ether oxygens (including phenoxy) is 1. The average Bonchev–Trinajstić information content (AvgIpc) is 3.14. The maximum absolute atomic E-state index is 12.4. The molecular formula is C17H13Cl2NO3S2. The molecule has 0 N–H and O–H groups in total. The van der Waals surface area contributed by atoms with E-state index in [9.17, 15) is 4.79 Å². The van der Waals surface area contributed by atoms with E-state index in [4.69, 9.17) is 44.6 Å². The smallest absolute Gasteiger partial charge is 0.266 e. The van der Waals surface area contributed by atoms with Gasteiger partial charge in [-0.05, 0) is 24.3 Å². The Balaban J connectivity index is 1.84. The first-order chi connectivity index (χ1) is 12.0. The summed E-state index contributed by atoms with van der Waals surface area (Å²) in [5, 5.41) is 0.882. The Bertz CT molecular complexity index is 863. The molecule has 25 heavy (non-hydrogen) atoms. The van der Waals surface area contributed by atoms with Crippen LogP contribution in [0.3, 0.4) is 0 Å². The van der Waals surface area contributed by atoms with E-state index in [-0.39, 0.29) is 5.91 Å². The number of carbonyl (C=O) groups is 1. The molecule has 2 aromatic rings. The molecular weight excluding hydrogens is 401 g/mol. The highest BCUT2D eigenvalue weighted by atomic mass is 35.5. The van der Waals surface area contributed by atoms with Crippen LogP contribution in [0.1, 0.15) is 5.76 Å². The first kappa shape index (κ1) is 18.5. The zero-order valence-corrected chi connectivity index (χ0v) is 16.3. The van der Waals surface area contributed by atoms with Gasteiger partial charge in [0.15, 0.2) is 0 Å². The Hall–Kier alpha value is -1.31. The van der Waals surface area contributed by atoms with Crippen LogP contribution < -0.4 is 0 Å². The van der Waals surface area contributed by atoms with Crippen LogP contribution in [0.5, 0.6) is 0 Å². The number of amides is 1. The fraction of sp³-hybridized carbons (Fsp3) is 0.176. The van der Waals surface area contributed by atoms with Gasteiger partial charge in [0.1, 0.15) is 15.8 Å². The monoisotopic (exact) mass is 413 g/mol. The van der Waals surface area contributed by atoms with Gasteiger partial charge in [0.05, 0.1) is 28.1 Å². The van der Waals surface area contributed by atoms with Crippen LogP contribution in [0, 0.1) is 0 Å². The van der Waals surface area contributed by atoms with Gasteiger partial charge in [0.25, 0.3) is 5.91 Å². The summed E-state index contributed by atoms with van der Waals surface area (Å²) in [6.07, 6.45) is 1.67. The van der Waals surface area contributed by atoms with Crippen LogP contribution in [0.2, 0.25) is 10.0 Å². The molecule has 0 unspecified atom stereocenters. The molecule has 1 saturated heterocycles. The van der Waals surface area contributed by atoms with E-state index in [0.717, 1.165) is 0 Å². The summed E-state index contributed by atoms with van der Waals surface area (Å²) in [5.41, 5.74) is 0.696. The van der Waals surface area contributed by atoms with Crippen LogP contribution in [0.15, 0.2) is 39.7 Å². The molecule has 130 valence electrons. The lowest BCUT2D eigenvalue weighted by Gasteiger charge is -2.12. The molecule has 0 bridgehead atoms. The summed E-state index contributed by atoms with van der Waals surface area (Å²) in [6, 6.07) is 8.89. The second-order valence-electron chi connectivity index (χ2n) is 5.13. The lowest BCUT2D eigenvalue weighted by molar-refractivity contribution is -0.122. The molecule has 1 fully saturated rings. The maximum Gasteiger partial charge on any atom is 0.266 e. The van der Waals surface area contributed by atoms with Gasteiger partial charge in [-0.25, -0.2) is 0 Å². The van der Waals surface area contributed by atoms with Crippen LogP contribution in [-0.4, -0.2) is 35.4 Å². The van der Waals surface area contributed by atoms with E-state index in [1.54, 1.807) is 37.5 Å². The van der Waals surface area contributed by atoms with Gasteiger partial charge in [-0.1, -0.05) is 53.2 Å². The van der Waals surface area contributed by atoms with Crippen molar-refractivity contribution in [1.29, 1.82) is 0 Å². The molecule has 1 amide bonds. The molecule has 4 nitrogen and oxygen atoms in total. The normalized spacial score (nSPS) is 16.3. The molecule has 3 rings (SSSR count). The standard InChI is InChI=1S/C17H13Cl2NO3S2/c1-22-8-7-20-16(21)14(25-17(20)24)9-10-5-6-13(23-10)11-3-2-4-12(18)15(11)19/h2-6,9H,7-8H2,1H3. The van der Waals surface area contributed by atoms with Crippen LogP contribution in [0.25, 0.3) is 17.4 Å². The van der Waals surface area contributed by atoms with E-state index in [2.05, 4.69) is 0 Å². The number of benzene rings is 1. The largest absolute Gasteiger partial charge is 0.457 e. The molecule has 0 radical (unpaired) electrons. The summed E-state index contributed by atoms with van der Waals surface area (Å²) in [6.45, 7) is 0.859. The van der Waals surface area contributed by atoms with Crippen molar-refractivity contribution >= 4 is 63.5 Å².